The molecule has 0 aromatic heterocycles. The van der Waals surface area contributed by atoms with E-state index in [9.17, 15) is 9.59 Å². The number of amides is 2. The number of aryl methyl sites for hydroxylation is 1. The van der Waals surface area contributed by atoms with Crippen molar-refractivity contribution in [3.05, 3.63) is 23.8 Å². The normalized spacial score (nSPS) is 11.1. The molecule has 116 valence electrons. The maximum atomic E-state index is 12.5. The van der Waals surface area contributed by atoms with Gasteiger partial charge >= 0.3 is 0 Å². The van der Waals surface area contributed by atoms with Crippen molar-refractivity contribution >= 4 is 23.2 Å². The molecule has 0 aliphatic carbocycles. The standard InChI is InChI=1S/C16H25N3O2/c1-5-16(6-2,10-17)15(21)19-14-9-13(18-12(4)20)8-7-11(14)3/h7-9H,5-6,10,17H2,1-4H3,(H,18,20)(H,19,21). The summed E-state index contributed by atoms with van der Waals surface area (Å²) in [6.45, 7) is 7.62. The number of rotatable bonds is 6. The number of anilines is 2. The van der Waals surface area contributed by atoms with Gasteiger partial charge in [-0.1, -0.05) is 19.9 Å². The minimum atomic E-state index is -0.545. The SMILES string of the molecule is CCC(CC)(CN)C(=O)Nc1cc(NC(C)=O)ccc1C. The van der Waals surface area contributed by atoms with Crippen LogP contribution < -0.4 is 16.4 Å². The molecule has 0 aliphatic rings. The Hall–Kier alpha value is -1.88. The van der Waals surface area contributed by atoms with Gasteiger partial charge in [-0.15, -0.1) is 0 Å². The van der Waals surface area contributed by atoms with Crippen molar-refractivity contribution < 1.29 is 9.59 Å². The molecule has 2 amide bonds. The first-order chi connectivity index (χ1) is 9.88. The molecule has 1 aromatic carbocycles. The highest BCUT2D eigenvalue weighted by atomic mass is 16.2. The first kappa shape index (κ1) is 17.2. The molecule has 1 aromatic rings. The van der Waals surface area contributed by atoms with Gasteiger partial charge in [0.05, 0.1) is 5.41 Å². The lowest BCUT2D eigenvalue weighted by atomic mass is 9.81. The van der Waals surface area contributed by atoms with Gasteiger partial charge in [0.2, 0.25) is 11.8 Å². The lowest BCUT2D eigenvalue weighted by Gasteiger charge is -2.29. The fourth-order valence-electron chi connectivity index (χ4n) is 2.25. The Morgan fingerprint density at radius 3 is 2.29 bits per heavy atom. The topological polar surface area (TPSA) is 84.2 Å². The third-order valence-electron chi connectivity index (χ3n) is 4.03. The molecule has 0 saturated carbocycles. The fourth-order valence-corrected chi connectivity index (χ4v) is 2.25. The Balaban J connectivity index is 3.01. The third-order valence-corrected chi connectivity index (χ3v) is 4.03. The Labute approximate surface area is 126 Å². The number of carbonyl (C=O) groups is 2. The van der Waals surface area contributed by atoms with E-state index in [0.717, 1.165) is 5.56 Å². The van der Waals surface area contributed by atoms with Crippen LogP contribution in [-0.4, -0.2) is 18.4 Å². The van der Waals surface area contributed by atoms with E-state index < -0.39 is 5.41 Å². The minimum Gasteiger partial charge on any atom is -0.329 e. The van der Waals surface area contributed by atoms with Crippen LogP contribution in [0.5, 0.6) is 0 Å². The molecule has 0 saturated heterocycles. The van der Waals surface area contributed by atoms with Crippen LogP contribution in [0, 0.1) is 12.3 Å². The van der Waals surface area contributed by atoms with Gasteiger partial charge in [0.25, 0.3) is 0 Å². The highest BCUT2D eigenvalue weighted by molar-refractivity contribution is 5.97. The number of nitrogens with one attached hydrogen (secondary N) is 2. The van der Waals surface area contributed by atoms with E-state index in [0.29, 0.717) is 30.8 Å². The molecule has 0 atom stereocenters. The summed E-state index contributed by atoms with van der Waals surface area (Å²) in [7, 11) is 0. The Morgan fingerprint density at radius 1 is 1.19 bits per heavy atom. The average Bonchev–Trinajstić information content (AvgIpc) is 2.44. The second kappa shape index (κ2) is 7.22. The van der Waals surface area contributed by atoms with Crippen molar-refractivity contribution in [2.24, 2.45) is 11.1 Å². The van der Waals surface area contributed by atoms with E-state index >= 15 is 0 Å². The maximum absolute atomic E-state index is 12.5. The maximum Gasteiger partial charge on any atom is 0.231 e. The molecule has 1 rings (SSSR count). The van der Waals surface area contributed by atoms with Gasteiger partial charge in [-0.25, -0.2) is 0 Å². The second-order valence-electron chi connectivity index (χ2n) is 5.36. The van der Waals surface area contributed by atoms with Crippen molar-refractivity contribution in [2.75, 3.05) is 17.2 Å². The van der Waals surface area contributed by atoms with Gasteiger partial charge in [0.1, 0.15) is 0 Å². The summed E-state index contributed by atoms with van der Waals surface area (Å²) in [6.07, 6.45) is 1.38. The number of carbonyl (C=O) groups excluding carboxylic acids is 2. The van der Waals surface area contributed by atoms with Crippen LogP contribution in [0.2, 0.25) is 0 Å². The zero-order chi connectivity index (χ0) is 16.0. The van der Waals surface area contributed by atoms with Crippen molar-refractivity contribution in [1.82, 2.24) is 0 Å². The van der Waals surface area contributed by atoms with Gasteiger partial charge < -0.3 is 16.4 Å². The van der Waals surface area contributed by atoms with Crippen LogP contribution in [0.15, 0.2) is 18.2 Å². The number of benzene rings is 1. The lowest BCUT2D eigenvalue weighted by molar-refractivity contribution is -0.125. The van der Waals surface area contributed by atoms with Crippen molar-refractivity contribution in [1.29, 1.82) is 0 Å². The second-order valence-corrected chi connectivity index (χ2v) is 5.36. The van der Waals surface area contributed by atoms with Crippen molar-refractivity contribution in [3.63, 3.8) is 0 Å². The van der Waals surface area contributed by atoms with Gasteiger partial charge in [-0.2, -0.15) is 0 Å². The van der Waals surface area contributed by atoms with E-state index in [4.69, 9.17) is 5.73 Å². The van der Waals surface area contributed by atoms with Crippen LogP contribution in [0.3, 0.4) is 0 Å². The summed E-state index contributed by atoms with van der Waals surface area (Å²) in [5.41, 5.74) is 7.56. The summed E-state index contributed by atoms with van der Waals surface area (Å²) >= 11 is 0. The number of hydrogen-bond acceptors (Lipinski definition) is 3. The first-order valence-electron chi connectivity index (χ1n) is 7.28. The zero-order valence-corrected chi connectivity index (χ0v) is 13.2. The number of hydrogen-bond donors (Lipinski definition) is 3. The molecule has 0 radical (unpaired) electrons. The van der Waals surface area contributed by atoms with E-state index in [1.165, 1.54) is 6.92 Å². The van der Waals surface area contributed by atoms with Crippen LogP contribution in [0.25, 0.3) is 0 Å². The predicted octanol–water partition coefficient (Wildman–Crippen LogP) is 2.66. The molecule has 0 fully saturated rings. The summed E-state index contributed by atoms with van der Waals surface area (Å²) in [5, 5.41) is 5.66. The molecular formula is C16H25N3O2. The molecule has 0 spiro atoms. The monoisotopic (exact) mass is 291 g/mol. The van der Waals surface area contributed by atoms with Gasteiger partial charge in [0.15, 0.2) is 0 Å². The molecule has 21 heavy (non-hydrogen) atoms. The van der Waals surface area contributed by atoms with Crippen molar-refractivity contribution in [3.8, 4) is 0 Å². The van der Waals surface area contributed by atoms with Crippen molar-refractivity contribution in [2.45, 2.75) is 40.5 Å². The molecule has 0 unspecified atom stereocenters. The van der Waals surface area contributed by atoms with Gasteiger partial charge in [-0.3, -0.25) is 9.59 Å². The molecule has 5 heteroatoms. The van der Waals surface area contributed by atoms with Gasteiger partial charge in [0, 0.05) is 24.8 Å². The molecular weight excluding hydrogens is 266 g/mol. The molecule has 0 aliphatic heterocycles. The fraction of sp³-hybridized carbons (Fsp3) is 0.500. The Kier molecular flexibility index (Phi) is 5.90. The zero-order valence-electron chi connectivity index (χ0n) is 13.2. The molecule has 0 heterocycles. The largest absolute Gasteiger partial charge is 0.329 e. The third kappa shape index (κ3) is 4.04. The Morgan fingerprint density at radius 2 is 1.81 bits per heavy atom. The van der Waals surface area contributed by atoms with Crippen LogP contribution >= 0.6 is 0 Å². The summed E-state index contributed by atoms with van der Waals surface area (Å²) in [6, 6.07) is 5.44. The highest BCUT2D eigenvalue weighted by Gasteiger charge is 2.33. The molecule has 0 bridgehead atoms. The smallest absolute Gasteiger partial charge is 0.231 e. The summed E-state index contributed by atoms with van der Waals surface area (Å²) in [5.74, 6) is -0.215. The highest BCUT2D eigenvalue weighted by Crippen LogP contribution is 2.28. The summed E-state index contributed by atoms with van der Waals surface area (Å²) < 4.78 is 0. The van der Waals surface area contributed by atoms with Crippen LogP contribution in [0.1, 0.15) is 39.2 Å². The first-order valence-corrected chi connectivity index (χ1v) is 7.28. The summed E-state index contributed by atoms with van der Waals surface area (Å²) in [4.78, 5) is 23.6. The van der Waals surface area contributed by atoms with E-state index in [-0.39, 0.29) is 11.8 Å². The molecule has 5 nitrogen and oxygen atoms in total. The van der Waals surface area contributed by atoms with Crippen LogP contribution in [0.4, 0.5) is 11.4 Å². The average molecular weight is 291 g/mol. The van der Waals surface area contributed by atoms with E-state index in [2.05, 4.69) is 10.6 Å². The lowest BCUT2D eigenvalue weighted by Crippen LogP contribution is -2.41. The van der Waals surface area contributed by atoms with E-state index in [1.807, 2.05) is 32.9 Å². The van der Waals surface area contributed by atoms with Crippen LogP contribution in [-0.2, 0) is 9.59 Å². The quantitative estimate of drug-likeness (QED) is 0.753. The Bertz CT molecular complexity index is 514. The minimum absolute atomic E-state index is 0.0712. The molecule has 4 N–H and O–H groups in total. The van der Waals surface area contributed by atoms with Gasteiger partial charge in [-0.05, 0) is 37.5 Å². The van der Waals surface area contributed by atoms with E-state index in [1.54, 1.807) is 6.07 Å². The number of nitrogens with two attached hydrogens (primary N) is 1. The predicted molar refractivity (Wildman–Crippen MR) is 86.2 cm³/mol.